The van der Waals surface area contributed by atoms with Crippen LogP contribution in [0.2, 0.25) is 0 Å². The van der Waals surface area contributed by atoms with E-state index in [1.807, 2.05) is 32.3 Å². The lowest BCUT2D eigenvalue weighted by Gasteiger charge is -2.11. The molecule has 1 unspecified atom stereocenters. The van der Waals surface area contributed by atoms with Crippen LogP contribution in [-0.4, -0.2) is 30.1 Å². The van der Waals surface area contributed by atoms with Gasteiger partial charge >= 0.3 is 0 Å². The maximum Gasteiger partial charge on any atom is 0.297 e. The first-order valence-electron chi connectivity index (χ1n) is 7.64. The zero-order chi connectivity index (χ0) is 17.1. The minimum atomic E-state index is -0.833. The molecule has 3 aromatic rings. The third-order valence-corrected chi connectivity index (χ3v) is 3.61. The van der Waals surface area contributed by atoms with Gasteiger partial charge in [0.05, 0.1) is 12.5 Å². The highest BCUT2D eigenvalue weighted by molar-refractivity contribution is 5.93. The summed E-state index contributed by atoms with van der Waals surface area (Å²) in [6.07, 6.45) is -0.845. The number of aromatic nitrogens is 1. The van der Waals surface area contributed by atoms with Gasteiger partial charge in [-0.1, -0.05) is 30.3 Å². The Morgan fingerprint density at radius 2 is 2.00 bits per heavy atom. The van der Waals surface area contributed by atoms with Gasteiger partial charge in [-0.2, -0.15) is 4.98 Å². The molecule has 1 heterocycles. The molecule has 124 valence electrons. The van der Waals surface area contributed by atoms with Gasteiger partial charge < -0.3 is 19.7 Å². The molecule has 1 amide bonds. The van der Waals surface area contributed by atoms with Gasteiger partial charge in [-0.3, -0.25) is 4.79 Å². The quantitative estimate of drug-likeness (QED) is 0.754. The van der Waals surface area contributed by atoms with Crippen LogP contribution < -0.4 is 10.2 Å². The van der Waals surface area contributed by atoms with Gasteiger partial charge in [-0.25, -0.2) is 0 Å². The highest BCUT2D eigenvalue weighted by atomic mass is 16.4. The molecule has 1 atom stereocenters. The van der Waals surface area contributed by atoms with Crippen molar-refractivity contribution in [1.29, 1.82) is 0 Å². The maximum atomic E-state index is 12.1. The lowest BCUT2D eigenvalue weighted by Crippen LogP contribution is -2.15. The fourth-order valence-corrected chi connectivity index (χ4v) is 2.36. The summed E-state index contributed by atoms with van der Waals surface area (Å²) in [6.45, 7) is 0. The van der Waals surface area contributed by atoms with E-state index in [9.17, 15) is 9.90 Å². The SMILES string of the molecule is CN(C)c1nc2ccc(NC(=O)CC(O)c3ccccc3)cc2o1. The average Bonchev–Trinajstić information content (AvgIpc) is 2.99. The van der Waals surface area contributed by atoms with E-state index >= 15 is 0 Å². The Morgan fingerprint density at radius 3 is 2.71 bits per heavy atom. The Morgan fingerprint density at radius 1 is 1.25 bits per heavy atom. The van der Waals surface area contributed by atoms with Crippen molar-refractivity contribution in [3.8, 4) is 0 Å². The lowest BCUT2D eigenvalue weighted by molar-refractivity contribution is -0.118. The number of fused-ring (bicyclic) bond motifs is 1. The van der Waals surface area contributed by atoms with Crippen molar-refractivity contribution in [2.45, 2.75) is 12.5 Å². The summed E-state index contributed by atoms with van der Waals surface area (Å²) in [6, 6.07) is 14.9. The Kier molecular flexibility index (Phi) is 4.48. The molecule has 0 radical (unpaired) electrons. The van der Waals surface area contributed by atoms with Crippen LogP contribution in [0.3, 0.4) is 0 Å². The van der Waals surface area contributed by atoms with Gasteiger partial charge in [0.1, 0.15) is 5.52 Å². The van der Waals surface area contributed by atoms with Gasteiger partial charge in [0.2, 0.25) is 5.91 Å². The number of nitrogens with zero attached hydrogens (tertiary/aromatic N) is 2. The van der Waals surface area contributed by atoms with E-state index in [1.54, 1.807) is 35.2 Å². The highest BCUT2D eigenvalue weighted by Crippen LogP contribution is 2.24. The fourth-order valence-electron chi connectivity index (χ4n) is 2.36. The normalized spacial score (nSPS) is 12.1. The second-order valence-electron chi connectivity index (χ2n) is 5.75. The molecule has 0 fully saturated rings. The van der Waals surface area contributed by atoms with Crippen LogP contribution in [0.25, 0.3) is 11.1 Å². The first kappa shape index (κ1) is 16.0. The molecule has 6 nitrogen and oxygen atoms in total. The van der Waals surface area contributed by atoms with Crippen LogP contribution in [0.15, 0.2) is 52.9 Å². The van der Waals surface area contributed by atoms with Gasteiger partial charge in [-0.05, 0) is 17.7 Å². The van der Waals surface area contributed by atoms with Crippen LogP contribution in [0.5, 0.6) is 0 Å². The number of carbonyl (C=O) groups is 1. The largest absolute Gasteiger partial charge is 0.423 e. The van der Waals surface area contributed by atoms with Crippen molar-refractivity contribution in [2.75, 3.05) is 24.3 Å². The number of rotatable bonds is 5. The third-order valence-electron chi connectivity index (χ3n) is 3.61. The molecular formula is C18H19N3O3. The molecular weight excluding hydrogens is 306 g/mol. The average molecular weight is 325 g/mol. The van der Waals surface area contributed by atoms with Crippen LogP contribution in [0.1, 0.15) is 18.1 Å². The van der Waals surface area contributed by atoms with Gasteiger partial charge in [0.15, 0.2) is 5.58 Å². The van der Waals surface area contributed by atoms with E-state index in [0.29, 0.717) is 22.8 Å². The number of carbonyl (C=O) groups excluding carboxylic acids is 1. The topological polar surface area (TPSA) is 78.6 Å². The molecule has 0 aliphatic rings. The summed E-state index contributed by atoms with van der Waals surface area (Å²) in [5, 5.41) is 12.9. The standard InChI is InChI=1S/C18H19N3O3/c1-21(2)18-20-14-9-8-13(10-16(14)24-18)19-17(23)11-15(22)12-6-4-3-5-7-12/h3-10,15,22H,11H2,1-2H3,(H,19,23). The van der Waals surface area contributed by atoms with E-state index in [0.717, 1.165) is 5.52 Å². The number of anilines is 2. The molecule has 2 N–H and O–H groups in total. The summed E-state index contributed by atoms with van der Waals surface area (Å²) < 4.78 is 5.62. The number of amides is 1. The van der Waals surface area contributed by atoms with E-state index in [-0.39, 0.29) is 12.3 Å². The molecule has 0 aliphatic carbocycles. The number of benzene rings is 2. The molecule has 0 aliphatic heterocycles. The van der Waals surface area contributed by atoms with Crippen molar-refractivity contribution >= 4 is 28.7 Å². The van der Waals surface area contributed by atoms with Crippen molar-refractivity contribution in [3.05, 3.63) is 54.1 Å². The van der Waals surface area contributed by atoms with Gasteiger partial charge in [-0.15, -0.1) is 0 Å². The number of oxazole rings is 1. The summed E-state index contributed by atoms with van der Waals surface area (Å²) in [5.41, 5.74) is 2.64. The van der Waals surface area contributed by atoms with E-state index in [4.69, 9.17) is 4.42 Å². The Hall–Kier alpha value is -2.86. The molecule has 0 saturated carbocycles. The van der Waals surface area contributed by atoms with Crippen LogP contribution in [-0.2, 0) is 4.79 Å². The van der Waals surface area contributed by atoms with Crippen LogP contribution >= 0.6 is 0 Å². The third kappa shape index (κ3) is 3.55. The second kappa shape index (κ2) is 6.72. The minimum absolute atomic E-state index is 0.0125. The summed E-state index contributed by atoms with van der Waals surface area (Å²) >= 11 is 0. The van der Waals surface area contributed by atoms with Gasteiger partial charge in [0.25, 0.3) is 6.01 Å². The van der Waals surface area contributed by atoms with Crippen LogP contribution in [0, 0.1) is 0 Å². The summed E-state index contributed by atoms with van der Waals surface area (Å²) in [4.78, 5) is 18.2. The number of aliphatic hydroxyl groups is 1. The number of hydrogen-bond donors (Lipinski definition) is 2. The van der Waals surface area contributed by atoms with Crippen molar-refractivity contribution in [1.82, 2.24) is 4.98 Å². The van der Waals surface area contributed by atoms with Crippen LogP contribution in [0.4, 0.5) is 11.7 Å². The van der Waals surface area contributed by atoms with E-state index < -0.39 is 6.10 Å². The fraction of sp³-hybridized carbons (Fsp3) is 0.222. The van der Waals surface area contributed by atoms with E-state index in [1.165, 1.54) is 0 Å². The first-order valence-corrected chi connectivity index (χ1v) is 7.64. The number of hydrogen-bond acceptors (Lipinski definition) is 5. The molecule has 0 spiro atoms. The van der Waals surface area contributed by atoms with Crippen molar-refractivity contribution in [3.63, 3.8) is 0 Å². The predicted octanol–water partition coefficient (Wildman–Crippen LogP) is 2.96. The molecule has 24 heavy (non-hydrogen) atoms. The second-order valence-corrected chi connectivity index (χ2v) is 5.75. The summed E-state index contributed by atoms with van der Waals surface area (Å²) in [7, 11) is 3.69. The monoisotopic (exact) mass is 325 g/mol. The lowest BCUT2D eigenvalue weighted by atomic mass is 10.1. The molecule has 0 saturated heterocycles. The zero-order valence-electron chi connectivity index (χ0n) is 13.6. The summed E-state index contributed by atoms with van der Waals surface area (Å²) in [5.74, 6) is -0.266. The molecule has 3 rings (SSSR count). The molecule has 2 aromatic carbocycles. The van der Waals surface area contributed by atoms with Crippen molar-refractivity contribution < 1.29 is 14.3 Å². The molecule has 6 heteroatoms. The van der Waals surface area contributed by atoms with Gasteiger partial charge in [0, 0.05) is 25.8 Å². The first-order chi connectivity index (χ1) is 11.5. The Balaban J connectivity index is 1.69. The predicted molar refractivity (Wildman–Crippen MR) is 93.0 cm³/mol. The molecule has 0 bridgehead atoms. The number of nitrogens with one attached hydrogen (secondary N) is 1. The Bertz CT molecular complexity index is 843. The molecule has 1 aromatic heterocycles. The smallest absolute Gasteiger partial charge is 0.297 e. The number of aliphatic hydroxyl groups excluding tert-OH is 1. The van der Waals surface area contributed by atoms with Crippen molar-refractivity contribution in [2.24, 2.45) is 0 Å². The zero-order valence-corrected chi connectivity index (χ0v) is 13.6. The maximum absolute atomic E-state index is 12.1. The highest BCUT2D eigenvalue weighted by Gasteiger charge is 2.14. The Labute approximate surface area is 139 Å². The van der Waals surface area contributed by atoms with E-state index in [2.05, 4.69) is 10.3 Å². The minimum Gasteiger partial charge on any atom is -0.423 e.